The van der Waals surface area contributed by atoms with Gasteiger partial charge in [0.1, 0.15) is 12.4 Å². The highest BCUT2D eigenvalue weighted by molar-refractivity contribution is 6.11. The summed E-state index contributed by atoms with van der Waals surface area (Å²) in [6.07, 6.45) is 11.1. The van der Waals surface area contributed by atoms with Crippen LogP contribution in [0, 0.1) is 18.3 Å². The van der Waals surface area contributed by atoms with Gasteiger partial charge in [-0.1, -0.05) is 18.6 Å². The number of aliphatic carboxylic acids is 1. The van der Waals surface area contributed by atoms with Crippen molar-refractivity contribution in [3.8, 4) is 12.3 Å². The van der Waals surface area contributed by atoms with Gasteiger partial charge in [0, 0.05) is 5.57 Å². The molecule has 0 radical (unpaired) electrons. The predicted octanol–water partition coefficient (Wildman–Crippen LogP) is 2.33. The van der Waals surface area contributed by atoms with Gasteiger partial charge < -0.3 is 10.4 Å². The fourth-order valence-electron chi connectivity index (χ4n) is 2.60. The monoisotopic (exact) mass is 311 g/mol. The SMILES string of the molecule is C#CCN=C1NC(C)=NC/C1=C\C(=C)C1=CCC(C(=O)O)CC1. The predicted molar refractivity (Wildman–Crippen MR) is 92.5 cm³/mol. The summed E-state index contributed by atoms with van der Waals surface area (Å²) >= 11 is 0. The standard InChI is InChI=1S/C18H21N3O2/c1-4-9-19-17-16(11-20-13(3)21-17)10-12(2)14-5-7-15(8-6-14)18(22)23/h1,5,10,15H,2,6-9,11H2,3H3,(H,22,23)(H,19,20,21)/b16-10+. The van der Waals surface area contributed by atoms with E-state index in [1.54, 1.807) is 0 Å². The number of aliphatic imine (C=N–C) groups is 2. The van der Waals surface area contributed by atoms with Gasteiger partial charge in [-0.2, -0.15) is 0 Å². The van der Waals surface area contributed by atoms with E-state index in [4.69, 9.17) is 11.5 Å². The highest BCUT2D eigenvalue weighted by atomic mass is 16.4. The molecule has 1 aliphatic heterocycles. The van der Waals surface area contributed by atoms with E-state index in [1.165, 1.54) is 0 Å². The molecule has 120 valence electrons. The average Bonchev–Trinajstić information content (AvgIpc) is 2.55. The number of carboxylic acid groups (broad SMARTS) is 1. The van der Waals surface area contributed by atoms with E-state index < -0.39 is 5.97 Å². The quantitative estimate of drug-likeness (QED) is 0.783. The number of carboxylic acids is 1. The molecule has 0 aromatic heterocycles. The van der Waals surface area contributed by atoms with E-state index in [-0.39, 0.29) is 5.92 Å². The van der Waals surface area contributed by atoms with Crippen LogP contribution in [0.1, 0.15) is 26.2 Å². The summed E-state index contributed by atoms with van der Waals surface area (Å²) in [6, 6.07) is 0. The Morgan fingerprint density at radius 2 is 2.48 bits per heavy atom. The van der Waals surface area contributed by atoms with Crippen molar-refractivity contribution >= 4 is 17.6 Å². The van der Waals surface area contributed by atoms with Crippen molar-refractivity contribution in [3.05, 3.63) is 35.5 Å². The Balaban J connectivity index is 2.15. The molecule has 1 heterocycles. The molecule has 0 amide bonds. The minimum absolute atomic E-state index is 0.282. The molecule has 5 nitrogen and oxygen atoms in total. The molecular formula is C18H21N3O2. The van der Waals surface area contributed by atoms with Crippen LogP contribution in [0.15, 0.2) is 45.4 Å². The van der Waals surface area contributed by atoms with Crippen molar-refractivity contribution < 1.29 is 9.90 Å². The molecule has 1 atom stereocenters. The third kappa shape index (κ3) is 4.43. The van der Waals surface area contributed by atoms with Crippen molar-refractivity contribution in [2.75, 3.05) is 13.1 Å². The number of allylic oxidation sites excluding steroid dienone is 4. The number of hydrogen-bond acceptors (Lipinski definition) is 3. The maximum Gasteiger partial charge on any atom is 0.306 e. The Hall–Kier alpha value is -2.61. The molecule has 0 saturated heterocycles. The third-order valence-electron chi connectivity index (χ3n) is 3.94. The molecule has 0 bridgehead atoms. The first-order valence-electron chi connectivity index (χ1n) is 7.59. The number of hydrogen-bond donors (Lipinski definition) is 2. The summed E-state index contributed by atoms with van der Waals surface area (Å²) in [4.78, 5) is 19.7. The number of nitrogens with one attached hydrogen (secondary N) is 1. The lowest BCUT2D eigenvalue weighted by molar-refractivity contribution is -0.141. The normalized spacial score (nSPS) is 24.4. The molecule has 0 saturated carbocycles. The molecule has 2 N–H and O–H groups in total. The zero-order valence-corrected chi connectivity index (χ0v) is 13.3. The minimum atomic E-state index is -0.728. The summed E-state index contributed by atoms with van der Waals surface area (Å²) in [6.45, 7) is 6.84. The molecule has 1 unspecified atom stereocenters. The zero-order valence-electron chi connectivity index (χ0n) is 13.3. The van der Waals surface area contributed by atoms with Crippen LogP contribution in [0.3, 0.4) is 0 Å². The largest absolute Gasteiger partial charge is 0.481 e. The summed E-state index contributed by atoms with van der Waals surface area (Å²) < 4.78 is 0. The highest BCUT2D eigenvalue weighted by Gasteiger charge is 2.21. The van der Waals surface area contributed by atoms with Crippen LogP contribution in [-0.2, 0) is 4.79 Å². The van der Waals surface area contributed by atoms with Crippen LogP contribution in [0.5, 0.6) is 0 Å². The van der Waals surface area contributed by atoms with Crippen LogP contribution in [-0.4, -0.2) is 35.8 Å². The Morgan fingerprint density at radius 1 is 1.70 bits per heavy atom. The van der Waals surface area contributed by atoms with Gasteiger partial charge in [0.25, 0.3) is 0 Å². The molecule has 1 aliphatic carbocycles. The van der Waals surface area contributed by atoms with Gasteiger partial charge in [0.05, 0.1) is 18.3 Å². The second-order valence-electron chi connectivity index (χ2n) is 5.63. The van der Waals surface area contributed by atoms with Gasteiger partial charge in [-0.3, -0.25) is 14.8 Å². The molecule has 0 aromatic carbocycles. The van der Waals surface area contributed by atoms with Gasteiger partial charge in [-0.25, -0.2) is 0 Å². The van der Waals surface area contributed by atoms with Crippen LogP contribution in [0.25, 0.3) is 0 Å². The fraction of sp³-hybridized carbons (Fsp3) is 0.389. The van der Waals surface area contributed by atoms with E-state index in [0.29, 0.717) is 25.9 Å². The van der Waals surface area contributed by atoms with Crippen LogP contribution in [0.2, 0.25) is 0 Å². The van der Waals surface area contributed by atoms with Gasteiger partial charge in [-0.05, 0) is 43.4 Å². The van der Waals surface area contributed by atoms with E-state index in [2.05, 4.69) is 27.8 Å². The molecular weight excluding hydrogens is 290 g/mol. The average molecular weight is 311 g/mol. The van der Waals surface area contributed by atoms with Gasteiger partial charge >= 0.3 is 5.97 Å². The van der Waals surface area contributed by atoms with Crippen molar-refractivity contribution in [2.24, 2.45) is 15.9 Å². The molecule has 0 spiro atoms. The van der Waals surface area contributed by atoms with Crippen LogP contribution < -0.4 is 5.32 Å². The Labute approximate surface area is 136 Å². The Morgan fingerprint density at radius 3 is 3.09 bits per heavy atom. The number of rotatable bonds is 4. The van der Waals surface area contributed by atoms with Crippen molar-refractivity contribution in [2.45, 2.75) is 26.2 Å². The first kappa shape index (κ1) is 16.8. The lowest BCUT2D eigenvalue weighted by atomic mass is 9.86. The number of terminal acetylenes is 1. The fourth-order valence-corrected chi connectivity index (χ4v) is 2.60. The molecule has 0 aromatic rings. The molecule has 0 fully saturated rings. The van der Waals surface area contributed by atoms with Crippen LogP contribution in [0.4, 0.5) is 0 Å². The summed E-state index contributed by atoms with van der Waals surface area (Å²) in [5.41, 5.74) is 2.92. The second kappa shape index (κ2) is 7.59. The van der Waals surface area contributed by atoms with Crippen molar-refractivity contribution in [1.29, 1.82) is 0 Å². The number of carbonyl (C=O) groups is 1. The minimum Gasteiger partial charge on any atom is -0.481 e. The summed E-state index contributed by atoms with van der Waals surface area (Å²) in [5, 5.41) is 12.2. The highest BCUT2D eigenvalue weighted by Crippen LogP contribution is 2.28. The lowest BCUT2D eigenvalue weighted by Gasteiger charge is -2.21. The number of nitrogens with zero attached hydrogens (tertiary/aromatic N) is 2. The zero-order chi connectivity index (χ0) is 16.8. The molecule has 2 rings (SSSR count). The van der Waals surface area contributed by atoms with E-state index in [1.807, 2.05) is 19.1 Å². The topological polar surface area (TPSA) is 74.0 Å². The maximum atomic E-state index is 11.0. The summed E-state index contributed by atoms with van der Waals surface area (Å²) in [5.74, 6) is 3.03. The van der Waals surface area contributed by atoms with Gasteiger partial charge in [0.2, 0.25) is 0 Å². The van der Waals surface area contributed by atoms with Crippen LogP contribution >= 0.6 is 0 Å². The van der Waals surface area contributed by atoms with Gasteiger partial charge in [0.15, 0.2) is 0 Å². The van der Waals surface area contributed by atoms with E-state index >= 15 is 0 Å². The second-order valence-corrected chi connectivity index (χ2v) is 5.63. The summed E-state index contributed by atoms with van der Waals surface area (Å²) in [7, 11) is 0. The lowest BCUT2D eigenvalue weighted by Crippen LogP contribution is -2.35. The molecule has 2 aliphatic rings. The molecule has 23 heavy (non-hydrogen) atoms. The van der Waals surface area contributed by atoms with E-state index in [9.17, 15) is 4.79 Å². The number of amidine groups is 2. The first-order chi connectivity index (χ1) is 11.0. The first-order valence-corrected chi connectivity index (χ1v) is 7.59. The third-order valence-corrected chi connectivity index (χ3v) is 3.94. The molecule has 5 heteroatoms. The Kier molecular flexibility index (Phi) is 5.53. The Bertz CT molecular complexity index is 675. The van der Waals surface area contributed by atoms with Gasteiger partial charge in [-0.15, -0.1) is 6.42 Å². The van der Waals surface area contributed by atoms with E-state index in [0.717, 1.165) is 34.8 Å². The maximum absolute atomic E-state index is 11.0. The van der Waals surface area contributed by atoms with Crippen molar-refractivity contribution in [1.82, 2.24) is 5.32 Å². The smallest absolute Gasteiger partial charge is 0.306 e. The van der Waals surface area contributed by atoms with Crippen molar-refractivity contribution in [3.63, 3.8) is 0 Å².